The number of nitrogens with zero attached hydrogens (tertiary/aromatic N) is 5. The molecule has 0 aliphatic carbocycles. The van der Waals surface area contributed by atoms with Crippen molar-refractivity contribution in [3.8, 4) is 11.3 Å². The Kier molecular flexibility index (Phi) is 5.95. The smallest absolute Gasteiger partial charge is 0.252 e. The van der Waals surface area contributed by atoms with E-state index in [0.29, 0.717) is 0 Å². The number of hydrogen-bond acceptors (Lipinski definition) is 5. The number of fused-ring (bicyclic) bond motifs is 2. The molecule has 0 unspecified atom stereocenters. The van der Waals surface area contributed by atoms with Gasteiger partial charge in [0.2, 0.25) is 0 Å². The number of amides is 1. The number of para-hydroxylation sites is 1. The number of anilines is 1. The molecule has 2 aliphatic heterocycles. The zero-order chi connectivity index (χ0) is 25.7. The summed E-state index contributed by atoms with van der Waals surface area (Å²) in [4.78, 5) is 23.3. The van der Waals surface area contributed by atoms with Crippen LogP contribution in [0.3, 0.4) is 0 Å². The molecule has 0 saturated carbocycles. The van der Waals surface area contributed by atoms with Gasteiger partial charge in [-0.1, -0.05) is 24.3 Å². The maximum atomic E-state index is 13.6. The average molecular weight is 495 g/mol. The first-order valence-corrected chi connectivity index (χ1v) is 13.1. The Morgan fingerprint density at radius 2 is 1.78 bits per heavy atom. The van der Waals surface area contributed by atoms with Crippen LogP contribution in [0.1, 0.15) is 34.5 Å². The lowest BCUT2D eigenvalue weighted by molar-refractivity contribution is 0.0939. The number of aromatic nitrogens is 3. The molecular weight excluding hydrogens is 460 g/mol. The molecule has 0 spiro atoms. The van der Waals surface area contributed by atoms with Crippen molar-refractivity contribution >= 4 is 22.5 Å². The van der Waals surface area contributed by atoms with E-state index < -0.39 is 0 Å². The number of nitrogens with one attached hydrogen (secondary N) is 1. The SMILES string of the molecule is Cc1ccc(N2C[C@H]3CN(C)C[C@H]3C2)cc1C(=O)N[C@H](C)c1cc(-c2cnn(C)c2)nc2ccccc12. The van der Waals surface area contributed by atoms with Gasteiger partial charge < -0.3 is 15.1 Å². The van der Waals surface area contributed by atoms with Crippen molar-refractivity contribution in [3.05, 3.63) is 77.6 Å². The number of carbonyl (C=O) groups excluding carboxylic acids is 1. The van der Waals surface area contributed by atoms with Gasteiger partial charge in [0.1, 0.15) is 0 Å². The molecule has 2 fully saturated rings. The van der Waals surface area contributed by atoms with Crippen LogP contribution in [-0.4, -0.2) is 58.8 Å². The van der Waals surface area contributed by atoms with E-state index in [9.17, 15) is 4.79 Å². The third kappa shape index (κ3) is 4.48. The van der Waals surface area contributed by atoms with Crippen molar-refractivity contribution in [1.82, 2.24) is 25.0 Å². The van der Waals surface area contributed by atoms with E-state index in [2.05, 4.69) is 57.6 Å². The number of rotatable bonds is 5. The Morgan fingerprint density at radius 3 is 2.51 bits per heavy atom. The molecule has 6 rings (SSSR count). The Bertz CT molecular complexity index is 1460. The van der Waals surface area contributed by atoms with Crippen molar-refractivity contribution in [1.29, 1.82) is 0 Å². The first-order valence-electron chi connectivity index (χ1n) is 13.1. The summed E-state index contributed by atoms with van der Waals surface area (Å²) in [6.45, 7) is 8.52. The quantitative estimate of drug-likeness (QED) is 0.445. The largest absolute Gasteiger partial charge is 0.371 e. The first-order chi connectivity index (χ1) is 17.9. The lowest BCUT2D eigenvalue weighted by Crippen LogP contribution is -2.29. The molecule has 1 N–H and O–H groups in total. The zero-order valence-electron chi connectivity index (χ0n) is 22.0. The Morgan fingerprint density at radius 1 is 1.03 bits per heavy atom. The highest BCUT2D eigenvalue weighted by Gasteiger charge is 2.38. The molecule has 2 aliphatic rings. The van der Waals surface area contributed by atoms with Gasteiger partial charge in [-0.05, 0) is 68.1 Å². The van der Waals surface area contributed by atoms with Crippen molar-refractivity contribution in [2.75, 3.05) is 38.1 Å². The number of carbonyl (C=O) groups is 1. The second kappa shape index (κ2) is 9.30. The number of aryl methyl sites for hydroxylation is 2. The monoisotopic (exact) mass is 494 g/mol. The highest BCUT2D eigenvalue weighted by atomic mass is 16.1. The van der Waals surface area contributed by atoms with E-state index >= 15 is 0 Å². The van der Waals surface area contributed by atoms with Gasteiger partial charge in [-0.25, -0.2) is 4.98 Å². The first kappa shape index (κ1) is 23.7. The fourth-order valence-corrected chi connectivity index (χ4v) is 6.10. The van der Waals surface area contributed by atoms with Crippen LogP contribution in [0.4, 0.5) is 5.69 Å². The van der Waals surface area contributed by atoms with Crippen molar-refractivity contribution < 1.29 is 4.79 Å². The predicted molar refractivity (Wildman–Crippen MR) is 148 cm³/mol. The minimum atomic E-state index is -0.194. The van der Waals surface area contributed by atoms with E-state index in [1.807, 2.05) is 51.5 Å². The topological polar surface area (TPSA) is 66.3 Å². The predicted octanol–water partition coefficient (Wildman–Crippen LogP) is 4.43. The number of hydrogen-bond donors (Lipinski definition) is 1. The molecule has 7 heteroatoms. The summed E-state index contributed by atoms with van der Waals surface area (Å²) in [5.41, 5.74) is 6.64. The van der Waals surface area contributed by atoms with E-state index in [1.54, 1.807) is 4.68 Å². The average Bonchev–Trinajstić information content (AvgIpc) is 3.58. The van der Waals surface area contributed by atoms with Gasteiger partial charge in [-0.15, -0.1) is 0 Å². The lowest BCUT2D eigenvalue weighted by Gasteiger charge is -2.23. The third-order valence-electron chi connectivity index (χ3n) is 8.06. The molecule has 3 atom stereocenters. The van der Waals surface area contributed by atoms with Gasteiger partial charge in [0.15, 0.2) is 0 Å². The highest BCUT2D eigenvalue weighted by Crippen LogP contribution is 2.34. The molecule has 2 aromatic carbocycles. The van der Waals surface area contributed by atoms with Crippen LogP contribution >= 0.6 is 0 Å². The van der Waals surface area contributed by atoms with Gasteiger partial charge in [0.25, 0.3) is 5.91 Å². The zero-order valence-corrected chi connectivity index (χ0v) is 22.0. The molecular formula is C30H34N6O. The molecule has 0 bridgehead atoms. The van der Waals surface area contributed by atoms with Gasteiger partial charge in [0.05, 0.1) is 23.4 Å². The maximum Gasteiger partial charge on any atom is 0.252 e. The fraction of sp³-hybridized carbons (Fsp3) is 0.367. The molecule has 4 heterocycles. The van der Waals surface area contributed by atoms with Gasteiger partial charge in [0, 0.05) is 61.6 Å². The summed E-state index contributed by atoms with van der Waals surface area (Å²) >= 11 is 0. The lowest BCUT2D eigenvalue weighted by atomic mass is 9.99. The Hall–Kier alpha value is -3.71. The van der Waals surface area contributed by atoms with Crippen LogP contribution < -0.4 is 10.2 Å². The number of pyridine rings is 1. The molecule has 1 amide bonds. The van der Waals surface area contributed by atoms with Crippen LogP contribution in [-0.2, 0) is 7.05 Å². The fourth-order valence-electron chi connectivity index (χ4n) is 6.10. The van der Waals surface area contributed by atoms with Crippen LogP contribution in [0.2, 0.25) is 0 Å². The number of likely N-dealkylation sites (tertiary alicyclic amines) is 1. The molecule has 190 valence electrons. The molecule has 2 saturated heterocycles. The Labute approximate surface area is 218 Å². The standard InChI is InChI=1S/C30H34N6O/c1-19-9-10-24(36-17-22-14-34(3)15-23(22)18-36)11-26(19)30(37)32-20(2)27-12-29(21-13-31-35(4)16-21)33-28-8-6-5-7-25(27)28/h5-13,16,20,22-23H,14-15,17-18H2,1-4H3,(H,32,37)/t20-,22-,23+/m1/s1. The maximum absolute atomic E-state index is 13.6. The summed E-state index contributed by atoms with van der Waals surface area (Å²) < 4.78 is 1.78. The van der Waals surface area contributed by atoms with Crippen molar-refractivity contribution in [3.63, 3.8) is 0 Å². The molecule has 37 heavy (non-hydrogen) atoms. The van der Waals surface area contributed by atoms with Crippen LogP contribution in [0, 0.1) is 18.8 Å². The molecule has 0 radical (unpaired) electrons. The van der Waals surface area contributed by atoms with Crippen molar-refractivity contribution in [2.24, 2.45) is 18.9 Å². The number of benzene rings is 2. The third-order valence-corrected chi connectivity index (χ3v) is 8.06. The summed E-state index contributed by atoms with van der Waals surface area (Å²) in [5, 5.41) is 8.63. The molecule has 7 nitrogen and oxygen atoms in total. The minimum absolute atomic E-state index is 0.0465. The molecule has 4 aromatic rings. The second-order valence-electron chi connectivity index (χ2n) is 10.9. The molecule has 2 aromatic heterocycles. The van der Waals surface area contributed by atoms with E-state index in [0.717, 1.165) is 69.5 Å². The Balaban J connectivity index is 1.27. The van der Waals surface area contributed by atoms with Gasteiger partial charge >= 0.3 is 0 Å². The van der Waals surface area contributed by atoms with Crippen LogP contribution in [0.25, 0.3) is 22.2 Å². The minimum Gasteiger partial charge on any atom is -0.371 e. The van der Waals surface area contributed by atoms with E-state index in [-0.39, 0.29) is 11.9 Å². The summed E-state index contributed by atoms with van der Waals surface area (Å²) in [6.07, 6.45) is 3.78. The highest BCUT2D eigenvalue weighted by molar-refractivity contribution is 5.97. The van der Waals surface area contributed by atoms with Gasteiger partial charge in [-0.2, -0.15) is 5.10 Å². The van der Waals surface area contributed by atoms with E-state index in [4.69, 9.17) is 4.98 Å². The summed E-state index contributed by atoms with van der Waals surface area (Å²) in [6, 6.07) is 16.3. The van der Waals surface area contributed by atoms with Crippen LogP contribution in [0.5, 0.6) is 0 Å². The second-order valence-corrected chi connectivity index (χ2v) is 10.9. The van der Waals surface area contributed by atoms with Gasteiger partial charge in [-0.3, -0.25) is 9.48 Å². The van der Waals surface area contributed by atoms with Crippen LogP contribution in [0.15, 0.2) is 60.9 Å². The summed E-state index contributed by atoms with van der Waals surface area (Å²) in [7, 11) is 4.11. The normalized spacial score (nSPS) is 20.4. The van der Waals surface area contributed by atoms with Crippen molar-refractivity contribution in [2.45, 2.75) is 19.9 Å². The summed E-state index contributed by atoms with van der Waals surface area (Å²) in [5.74, 6) is 1.39. The van der Waals surface area contributed by atoms with E-state index in [1.165, 1.54) is 13.1 Å².